The van der Waals surface area contributed by atoms with Gasteiger partial charge in [-0.3, -0.25) is 4.79 Å². The summed E-state index contributed by atoms with van der Waals surface area (Å²) >= 11 is 0. The number of amides is 1. The number of hydrogen-bond acceptors (Lipinski definition) is 2. The normalized spacial score (nSPS) is 9.92. The van der Waals surface area contributed by atoms with Crippen molar-refractivity contribution in [2.45, 2.75) is 32.6 Å². The fourth-order valence-corrected chi connectivity index (χ4v) is 0.964. The van der Waals surface area contributed by atoms with Gasteiger partial charge >= 0.3 is 0 Å². The third kappa shape index (κ3) is 5.13. The predicted molar refractivity (Wildman–Crippen MR) is 50.8 cm³/mol. The Balaban J connectivity index is 3.47. The second-order valence-electron chi connectivity index (χ2n) is 3.06. The van der Waals surface area contributed by atoms with E-state index in [0.717, 1.165) is 25.8 Å². The summed E-state index contributed by atoms with van der Waals surface area (Å²) in [5.41, 5.74) is 5.31. The molecule has 3 nitrogen and oxygen atoms in total. The van der Waals surface area contributed by atoms with Gasteiger partial charge in [0.05, 0.1) is 0 Å². The SMILES string of the molecule is CCCCN(C)C(=O)CCCN. The molecule has 1 amide bonds. The quantitative estimate of drug-likeness (QED) is 0.649. The average molecular weight is 172 g/mol. The minimum Gasteiger partial charge on any atom is -0.346 e. The number of nitrogens with zero attached hydrogens (tertiary/aromatic N) is 1. The molecule has 0 aliphatic rings. The van der Waals surface area contributed by atoms with Crippen molar-refractivity contribution in [2.24, 2.45) is 5.73 Å². The molecule has 0 aromatic heterocycles. The molecule has 12 heavy (non-hydrogen) atoms. The summed E-state index contributed by atoms with van der Waals surface area (Å²) < 4.78 is 0. The van der Waals surface area contributed by atoms with Gasteiger partial charge in [-0.1, -0.05) is 13.3 Å². The highest BCUT2D eigenvalue weighted by molar-refractivity contribution is 5.75. The monoisotopic (exact) mass is 172 g/mol. The van der Waals surface area contributed by atoms with Crippen molar-refractivity contribution < 1.29 is 4.79 Å². The van der Waals surface area contributed by atoms with E-state index in [0.29, 0.717) is 13.0 Å². The highest BCUT2D eigenvalue weighted by atomic mass is 16.2. The Labute approximate surface area is 74.9 Å². The van der Waals surface area contributed by atoms with Crippen LogP contribution in [0.4, 0.5) is 0 Å². The first-order valence-corrected chi connectivity index (χ1v) is 4.66. The van der Waals surface area contributed by atoms with E-state index in [2.05, 4.69) is 6.92 Å². The molecular formula is C9H20N2O. The fraction of sp³-hybridized carbons (Fsp3) is 0.889. The maximum atomic E-state index is 11.3. The van der Waals surface area contributed by atoms with Crippen molar-refractivity contribution in [3.63, 3.8) is 0 Å². The summed E-state index contributed by atoms with van der Waals surface area (Å²) in [6, 6.07) is 0. The second-order valence-corrected chi connectivity index (χ2v) is 3.06. The molecule has 0 atom stereocenters. The molecule has 0 saturated heterocycles. The number of carbonyl (C=O) groups excluding carboxylic acids is 1. The van der Waals surface area contributed by atoms with Gasteiger partial charge in [-0.25, -0.2) is 0 Å². The number of unbranched alkanes of at least 4 members (excludes halogenated alkanes) is 1. The lowest BCUT2D eigenvalue weighted by Gasteiger charge is -2.16. The smallest absolute Gasteiger partial charge is 0.222 e. The van der Waals surface area contributed by atoms with Gasteiger partial charge in [0.2, 0.25) is 5.91 Å². The van der Waals surface area contributed by atoms with Gasteiger partial charge in [0.15, 0.2) is 0 Å². The van der Waals surface area contributed by atoms with Crippen LogP contribution in [-0.2, 0) is 4.79 Å². The topological polar surface area (TPSA) is 46.3 Å². The van der Waals surface area contributed by atoms with Gasteiger partial charge in [-0.15, -0.1) is 0 Å². The number of rotatable bonds is 6. The summed E-state index contributed by atoms with van der Waals surface area (Å²) in [5.74, 6) is 0.217. The van der Waals surface area contributed by atoms with Crippen molar-refractivity contribution in [3.05, 3.63) is 0 Å². The Morgan fingerprint density at radius 2 is 2.08 bits per heavy atom. The van der Waals surface area contributed by atoms with Crippen LogP contribution in [0.25, 0.3) is 0 Å². The van der Waals surface area contributed by atoms with Crippen LogP contribution in [0.15, 0.2) is 0 Å². The number of hydrogen-bond donors (Lipinski definition) is 1. The lowest BCUT2D eigenvalue weighted by atomic mass is 10.2. The third-order valence-electron chi connectivity index (χ3n) is 1.87. The molecule has 0 rings (SSSR count). The van der Waals surface area contributed by atoms with Gasteiger partial charge in [-0.05, 0) is 19.4 Å². The van der Waals surface area contributed by atoms with E-state index in [1.807, 2.05) is 7.05 Å². The molecule has 0 saturated carbocycles. The standard InChI is InChI=1S/C9H20N2O/c1-3-4-8-11(2)9(12)6-5-7-10/h3-8,10H2,1-2H3. The van der Waals surface area contributed by atoms with Crippen molar-refractivity contribution >= 4 is 5.91 Å². The molecule has 0 aliphatic heterocycles. The van der Waals surface area contributed by atoms with E-state index in [4.69, 9.17) is 5.73 Å². The molecule has 0 heterocycles. The average Bonchev–Trinajstić information content (AvgIpc) is 2.10. The zero-order valence-corrected chi connectivity index (χ0v) is 8.18. The van der Waals surface area contributed by atoms with Crippen LogP contribution < -0.4 is 5.73 Å². The van der Waals surface area contributed by atoms with Crippen LogP contribution in [0.1, 0.15) is 32.6 Å². The van der Waals surface area contributed by atoms with Crippen molar-refractivity contribution in [3.8, 4) is 0 Å². The first-order chi connectivity index (χ1) is 5.72. The molecule has 2 N–H and O–H groups in total. The molecule has 0 radical (unpaired) electrons. The molecule has 0 spiro atoms. The Morgan fingerprint density at radius 3 is 2.58 bits per heavy atom. The first kappa shape index (κ1) is 11.4. The van der Waals surface area contributed by atoms with Crippen LogP contribution in [0.2, 0.25) is 0 Å². The molecule has 3 heteroatoms. The summed E-state index contributed by atoms with van der Waals surface area (Å²) in [5, 5.41) is 0. The molecular weight excluding hydrogens is 152 g/mol. The van der Waals surface area contributed by atoms with Gasteiger partial charge in [0.1, 0.15) is 0 Å². The minimum absolute atomic E-state index is 0.217. The maximum Gasteiger partial charge on any atom is 0.222 e. The largest absolute Gasteiger partial charge is 0.346 e. The predicted octanol–water partition coefficient (Wildman–Crippen LogP) is 0.984. The summed E-state index contributed by atoms with van der Waals surface area (Å²) in [4.78, 5) is 13.1. The van der Waals surface area contributed by atoms with Gasteiger partial charge in [0, 0.05) is 20.0 Å². The molecule has 0 aliphatic carbocycles. The molecule has 0 fully saturated rings. The van der Waals surface area contributed by atoms with Crippen molar-refractivity contribution in [2.75, 3.05) is 20.1 Å². The zero-order valence-electron chi connectivity index (χ0n) is 8.18. The lowest BCUT2D eigenvalue weighted by Crippen LogP contribution is -2.27. The Morgan fingerprint density at radius 1 is 1.42 bits per heavy atom. The van der Waals surface area contributed by atoms with E-state index < -0.39 is 0 Å². The van der Waals surface area contributed by atoms with E-state index in [9.17, 15) is 4.79 Å². The Kier molecular flexibility index (Phi) is 6.76. The summed E-state index contributed by atoms with van der Waals surface area (Å²) in [6.07, 6.45) is 3.62. The molecule has 0 unspecified atom stereocenters. The highest BCUT2D eigenvalue weighted by Crippen LogP contribution is 1.97. The molecule has 0 bridgehead atoms. The minimum atomic E-state index is 0.217. The van der Waals surface area contributed by atoms with Gasteiger partial charge in [0.25, 0.3) is 0 Å². The van der Waals surface area contributed by atoms with Crippen molar-refractivity contribution in [1.82, 2.24) is 4.90 Å². The van der Waals surface area contributed by atoms with E-state index in [1.165, 1.54) is 0 Å². The van der Waals surface area contributed by atoms with Crippen LogP contribution in [-0.4, -0.2) is 30.9 Å². The number of carbonyl (C=O) groups is 1. The number of nitrogens with two attached hydrogens (primary N) is 1. The zero-order chi connectivity index (χ0) is 9.40. The van der Waals surface area contributed by atoms with E-state index >= 15 is 0 Å². The van der Waals surface area contributed by atoms with Crippen LogP contribution in [0.5, 0.6) is 0 Å². The third-order valence-corrected chi connectivity index (χ3v) is 1.87. The first-order valence-electron chi connectivity index (χ1n) is 4.66. The van der Waals surface area contributed by atoms with Gasteiger partial charge in [-0.2, -0.15) is 0 Å². The second kappa shape index (κ2) is 7.10. The Hall–Kier alpha value is -0.570. The Bertz CT molecular complexity index is 126. The highest BCUT2D eigenvalue weighted by Gasteiger charge is 2.05. The van der Waals surface area contributed by atoms with Gasteiger partial charge < -0.3 is 10.6 Å². The van der Waals surface area contributed by atoms with Crippen molar-refractivity contribution in [1.29, 1.82) is 0 Å². The van der Waals surface area contributed by atoms with Crippen LogP contribution >= 0.6 is 0 Å². The molecule has 0 aromatic rings. The van der Waals surface area contributed by atoms with E-state index in [-0.39, 0.29) is 5.91 Å². The fourth-order valence-electron chi connectivity index (χ4n) is 0.964. The van der Waals surface area contributed by atoms with Crippen LogP contribution in [0.3, 0.4) is 0 Å². The lowest BCUT2D eigenvalue weighted by molar-refractivity contribution is -0.130. The van der Waals surface area contributed by atoms with Crippen LogP contribution in [0, 0.1) is 0 Å². The molecule has 72 valence electrons. The maximum absolute atomic E-state index is 11.3. The molecule has 0 aromatic carbocycles. The summed E-state index contributed by atoms with van der Waals surface area (Å²) in [6.45, 7) is 3.60. The van der Waals surface area contributed by atoms with E-state index in [1.54, 1.807) is 4.90 Å². The summed E-state index contributed by atoms with van der Waals surface area (Å²) in [7, 11) is 1.86.